The Morgan fingerprint density at radius 1 is 0.872 bits per heavy atom. The highest BCUT2D eigenvalue weighted by atomic mass is 32.2. The van der Waals surface area contributed by atoms with E-state index in [2.05, 4.69) is 15.9 Å². The Balaban J connectivity index is 0.936. The minimum atomic E-state index is -4.39. The van der Waals surface area contributed by atoms with E-state index in [0.717, 1.165) is 71.5 Å². The molecule has 47 heavy (non-hydrogen) atoms. The van der Waals surface area contributed by atoms with Crippen LogP contribution in [0, 0.1) is 11.3 Å². The molecule has 0 aliphatic carbocycles. The number of benzene rings is 4. The maximum absolute atomic E-state index is 13.5. The van der Waals surface area contributed by atoms with Gasteiger partial charge in [0.2, 0.25) is 0 Å². The smallest absolute Gasteiger partial charge is 0.416 e. The summed E-state index contributed by atoms with van der Waals surface area (Å²) >= 11 is 1.51. The van der Waals surface area contributed by atoms with Crippen molar-refractivity contribution in [2.45, 2.75) is 35.4 Å². The Labute approximate surface area is 276 Å². The molecule has 4 aromatic carbocycles. The van der Waals surface area contributed by atoms with Crippen molar-refractivity contribution in [2.24, 2.45) is 0 Å². The quantitative estimate of drug-likeness (QED) is 0.164. The number of carbonyl (C=O) groups excluding carboxylic acids is 1. The minimum absolute atomic E-state index is 0.271. The average molecular weight is 661 g/mol. The lowest BCUT2D eigenvalue weighted by atomic mass is 10.1. The van der Waals surface area contributed by atoms with Crippen molar-refractivity contribution in [3.63, 3.8) is 0 Å². The predicted octanol–water partition coefficient (Wildman–Crippen LogP) is 7.35. The molecule has 0 spiro atoms. The molecule has 1 atom stereocenters. The van der Waals surface area contributed by atoms with Gasteiger partial charge in [-0.3, -0.25) is 4.90 Å². The number of piperazine rings is 1. The van der Waals surface area contributed by atoms with Gasteiger partial charge in [-0.05, 0) is 85.3 Å². The van der Waals surface area contributed by atoms with Gasteiger partial charge in [0.15, 0.2) is 6.10 Å². The summed E-state index contributed by atoms with van der Waals surface area (Å²) in [7, 11) is 0. The average Bonchev–Trinajstić information content (AvgIpc) is 3.07. The van der Waals surface area contributed by atoms with Gasteiger partial charge in [-0.25, -0.2) is 4.79 Å². The highest BCUT2D eigenvalue weighted by molar-refractivity contribution is 7.99. The van der Waals surface area contributed by atoms with Crippen molar-refractivity contribution in [3.05, 3.63) is 90.0 Å². The zero-order valence-corrected chi connectivity index (χ0v) is 26.8. The topological polar surface area (TPSA) is 69.0 Å². The van der Waals surface area contributed by atoms with Crippen molar-refractivity contribution < 1.29 is 27.4 Å². The van der Waals surface area contributed by atoms with Gasteiger partial charge in [-0.15, -0.1) is 0 Å². The summed E-state index contributed by atoms with van der Waals surface area (Å²) in [5.41, 5.74) is 1.50. The Bertz CT molecular complexity index is 1790. The number of halogens is 3. The van der Waals surface area contributed by atoms with Gasteiger partial charge >= 0.3 is 12.1 Å². The minimum Gasteiger partial charge on any atom is -0.479 e. The number of hydrogen-bond donors (Lipinski definition) is 0. The predicted molar refractivity (Wildman–Crippen MR) is 176 cm³/mol. The van der Waals surface area contributed by atoms with Gasteiger partial charge in [0.1, 0.15) is 12.4 Å². The molecule has 4 aromatic rings. The van der Waals surface area contributed by atoms with Gasteiger partial charge in [0, 0.05) is 49.1 Å². The molecule has 2 heterocycles. The van der Waals surface area contributed by atoms with Crippen LogP contribution in [0.5, 0.6) is 5.75 Å². The Kier molecular flexibility index (Phi) is 9.92. The van der Waals surface area contributed by atoms with E-state index < -0.39 is 23.8 Å². The van der Waals surface area contributed by atoms with Crippen molar-refractivity contribution in [1.82, 2.24) is 9.80 Å². The van der Waals surface area contributed by atoms with E-state index in [9.17, 15) is 18.0 Å². The molecule has 244 valence electrons. The lowest BCUT2D eigenvalue weighted by Gasteiger charge is -2.36. The van der Waals surface area contributed by atoms with Gasteiger partial charge in [-0.1, -0.05) is 36.0 Å². The van der Waals surface area contributed by atoms with E-state index in [4.69, 9.17) is 14.7 Å². The lowest BCUT2D eigenvalue weighted by molar-refractivity contribution is -0.151. The monoisotopic (exact) mass is 660 g/mol. The van der Waals surface area contributed by atoms with Crippen LogP contribution in [-0.4, -0.2) is 74.3 Å². The van der Waals surface area contributed by atoms with Gasteiger partial charge in [-0.2, -0.15) is 18.4 Å². The first-order valence-electron chi connectivity index (χ1n) is 15.7. The highest BCUT2D eigenvalue weighted by Crippen LogP contribution is 2.49. The molecule has 0 bridgehead atoms. The van der Waals surface area contributed by atoms with Crippen LogP contribution in [0.15, 0.2) is 88.7 Å². The van der Waals surface area contributed by atoms with Crippen molar-refractivity contribution in [3.8, 4) is 11.8 Å². The van der Waals surface area contributed by atoms with E-state index in [0.29, 0.717) is 30.1 Å². The molecule has 7 nitrogen and oxygen atoms in total. The normalized spacial score (nSPS) is 15.9. The Morgan fingerprint density at radius 3 is 2.34 bits per heavy atom. The lowest BCUT2D eigenvalue weighted by Crippen LogP contribution is -2.48. The highest BCUT2D eigenvalue weighted by Gasteiger charge is 2.33. The van der Waals surface area contributed by atoms with Crippen LogP contribution in [0.1, 0.15) is 24.5 Å². The number of ether oxygens (including phenoxy) is 2. The first-order chi connectivity index (χ1) is 22.7. The zero-order chi connectivity index (χ0) is 33.0. The molecule has 0 saturated carbocycles. The summed E-state index contributed by atoms with van der Waals surface area (Å²) in [6.45, 7) is 7.44. The number of carbonyl (C=O) groups is 1. The zero-order valence-electron chi connectivity index (χ0n) is 26.0. The van der Waals surface area contributed by atoms with Gasteiger partial charge in [0.25, 0.3) is 0 Å². The number of alkyl halides is 3. The SMILES string of the molecule is CC(Oc1ccc2cc(C#N)ccc2c1)C(=O)OCCN1CCN(CCCN2c3ccccc3Sc3ccc(C(F)(F)F)cc32)CC1. The van der Waals surface area contributed by atoms with Crippen molar-refractivity contribution >= 4 is 39.9 Å². The number of fused-ring (bicyclic) bond motifs is 3. The van der Waals surface area contributed by atoms with E-state index in [1.165, 1.54) is 17.8 Å². The summed E-state index contributed by atoms with van der Waals surface area (Å²) in [4.78, 5) is 21.1. The Hall–Kier alpha value is -4.24. The third-order valence-electron chi connectivity index (χ3n) is 8.51. The molecule has 1 unspecified atom stereocenters. The van der Waals surface area contributed by atoms with Crippen LogP contribution >= 0.6 is 11.8 Å². The van der Waals surface area contributed by atoms with E-state index in [-0.39, 0.29) is 6.61 Å². The fourth-order valence-electron chi connectivity index (χ4n) is 5.95. The molecule has 2 aliphatic heterocycles. The number of para-hydroxylation sites is 1. The third kappa shape index (κ3) is 7.84. The number of nitriles is 1. The largest absolute Gasteiger partial charge is 0.479 e. The second-order valence-corrected chi connectivity index (χ2v) is 12.8. The summed E-state index contributed by atoms with van der Waals surface area (Å²) in [5.74, 6) is 0.131. The maximum Gasteiger partial charge on any atom is 0.416 e. The van der Waals surface area contributed by atoms with Crippen LogP contribution in [0.3, 0.4) is 0 Å². The van der Waals surface area contributed by atoms with E-state index in [1.807, 2.05) is 53.4 Å². The number of nitrogens with zero attached hydrogens (tertiary/aromatic N) is 4. The summed E-state index contributed by atoms with van der Waals surface area (Å²) < 4.78 is 51.9. The molecule has 6 rings (SSSR count). The second kappa shape index (κ2) is 14.3. The molecule has 11 heteroatoms. The molecule has 2 aliphatic rings. The van der Waals surface area contributed by atoms with Gasteiger partial charge in [0.05, 0.1) is 28.6 Å². The standard InChI is InChI=1S/C36H35F3N4O3S/c1-25(46-30-11-9-27-21-26(24-40)7-8-28(27)22-30)35(44)45-20-19-42-17-15-41(16-18-42)13-4-14-43-31-5-2-3-6-33(31)47-34-12-10-29(23-32(34)43)36(37,38)39/h2-3,5-12,21-23,25H,4,13-20H2,1H3. The fraction of sp³-hybridized carbons (Fsp3) is 0.333. The number of rotatable bonds is 10. The van der Waals surface area contributed by atoms with Gasteiger partial charge < -0.3 is 19.3 Å². The fourth-order valence-corrected chi connectivity index (χ4v) is 7.02. The van der Waals surface area contributed by atoms with E-state index in [1.54, 1.807) is 25.1 Å². The van der Waals surface area contributed by atoms with Crippen LogP contribution in [0.2, 0.25) is 0 Å². The maximum atomic E-state index is 13.5. The number of esters is 1. The second-order valence-electron chi connectivity index (χ2n) is 11.7. The molecular weight excluding hydrogens is 625 g/mol. The molecule has 1 fully saturated rings. The first kappa shape index (κ1) is 32.7. The van der Waals surface area contributed by atoms with Crippen molar-refractivity contribution in [1.29, 1.82) is 5.26 Å². The summed E-state index contributed by atoms with van der Waals surface area (Å²) in [5, 5.41) is 10.9. The van der Waals surface area contributed by atoms with Crippen LogP contribution < -0.4 is 9.64 Å². The summed E-state index contributed by atoms with van der Waals surface area (Å²) in [6.07, 6.45) is -4.35. The first-order valence-corrected chi connectivity index (χ1v) is 16.5. The van der Waals surface area contributed by atoms with Crippen LogP contribution in [0.4, 0.5) is 24.5 Å². The molecular formula is C36H35F3N4O3S. The molecule has 0 radical (unpaired) electrons. The van der Waals surface area contributed by atoms with Crippen LogP contribution in [-0.2, 0) is 15.7 Å². The van der Waals surface area contributed by atoms with Crippen molar-refractivity contribution in [2.75, 3.05) is 57.3 Å². The van der Waals surface area contributed by atoms with Crippen LogP contribution in [0.25, 0.3) is 10.8 Å². The third-order valence-corrected chi connectivity index (χ3v) is 9.64. The molecule has 1 saturated heterocycles. The number of hydrogen-bond acceptors (Lipinski definition) is 8. The molecule has 0 aromatic heterocycles. The molecule has 0 N–H and O–H groups in total. The van der Waals surface area contributed by atoms with E-state index >= 15 is 0 Å². The Morgan fingerprint density at radius 2 is 1.57 bits per heavy atom. The number of anilines is 2. The summed E-state index contributed by atoms with van der Waals surface area (Å²) in [6, 6.07) is 24.9. The molecule has 0 amide bonds.